The number of rotatable bonds is 5. The summed E-state index contributed by atoms with van der Waals surface area (Å²) in [5.41, 5.74) is -0.159. The second-order valence-corrected chi connectivity index (χ2v) is 6.55. The van der Waals surface area contributed by atoms with E-state index in [2.05, 4.69) is 16.3 Å². The minimum Gasteiger partial charge on any atom is -0.312 e. The van der Waals surface area contributed by atoms with E-state index in [1.54, 1.807) is 0 Å². The molecule has 0 bridgehead atoms. The number of piperidine rings is 1. The molecule has 2 atom stereocenters. The Morgan fingerprint density at radius 2 is 2.11 bits per heavy atom. The lowest BCUT2D eigenvalue weighted by molar-refractivity contribution is 0.180. The predicted molar refractivity (Wildman–Crippen MR) is 74.2 cm³/mol. The van der Waals surface area contributed by atoms with Crippen LogP contribution < -0.4 is 5.32 Å². The van der Waals surface area contributed by atoms with Gasteiger partial charge in [0, 0.05) is 18.6 Å². The van der Waals surface area contributed by atoms with Crippen molar-refractivity contribution in [2.24, 2.45) is 5.41 Å². The van der Waals surface area contributed by atoms with Crippen LogP contribution in [0.3, 0.4) is 0 Å². The lowest BCUT2D eigenvalue weighted by Gasteiger charge is -2.32. The van der Waals surface area contributed by atoms with E-state index >= 15 is 0 Å². The van der Waals surface area contributed by atoms with Crippen LogP contribution in [-0.4, -0.2) is 36.6 Å². The van der Waals surface area contributed by atoms with Crippen molar-refractivity contribution in [2.75, 3.05) is 19.6 Å². The molecule has 3 heteroatoms. The van der Waals surface area contributed by atoms with Crippen molar-refractivity contribution >= 4 is 0 Å². The molecule has 102 valence electrons. The highest BCUT2D eigenvalue weighted by Gasteiger charge is 2.34. The van der Waals surface area contributed by atoms with Gasteiger partial charge in [-0.2, -0.15) is 5.26 Å². The maximum atomic E-state index is 8.98. The van der Waals surface area contributed by atoms with Gasteiger partial charge >= 0.3 is 0 Å². The summed E-state index contributed by atoms with van der Waals surface area (Å²) in [5, 5.41) is 12.7. The fraction of sp³-hybridized carbons (Fsp3) is 0.933. The van der Waals surface area contributed by atoms with Crippen LogP contribution in [0.5, 0.6) is 0 Å². The zero-order chi connectivity index (χ0) is 13.0. The van der Waals surface area contributed by atoms with Gasteiger partial charge in [-0.15, -0.1) is 0 Å². The van der Waals surface area contributed by atoms with Crippen LogP contribution in [0.1, 0.15) is 52.4 Å². The summed E-state index contributed by atoms with van der Waals surface area (Å²) >= 11 is 0. The summed E-state index contributed by atoms with van der Waals surface area (Å²) in [6.45, 7) is 7.73. The summed E-state index contributed by atoms with van der Waals surface area (Å²) in [7, 11) is 0. The Labute approximate surface area is 112 Å². The molecule has 0 aliphatic carbocycles. The summed E-state index contributed by atoms with van der Waals surface area (Å²) in [6.07, 6.45) is 7.59. The molecule has 0 aromatic heterocycles. The van der Waals surface area contributed by atoms with Gasteiger partial charge in [0.2, 0.25) is 0 Å². The predicted octanol–water partition coefficient (Wildman–Crippen LogP) is 2.53. The standard InChI is InChI=1S/C15H27N3/c1-15(2,12-16)8-5-9-17-13-7-11-18-10-4-3-6-14(13)18/h13-14,17H,3-11H2,1-2H3. The van der Waals surface area contributed by atoms with Crippen molar-refractivity contribution in [3.8, 4) is 6.07 Å². The van der Waals surface area contributed by atoms with Gasteiger partial charge in [0.05, 0.1) is 11.5 Å². The van der Waals surface area contributed by atoms with Gasteiger partial charge in [-0.05, 0) is 59.0 Å². The fourth-order valence-electron chi connectivity index (χ4n) is 3.36. The SMILES string of the molecule is CC(C)(C#N)CCCNC1CCN2CCCCC12. The first kappa shape index (κ1) is 13.8. The number of hydrogen-bond acceptors (Lipinski definition) is 3. The molecule has 2 rings (SSSR count). The Balaban J connectivity index is 1.67. The van der Waals surface area contributed by atoms with Crippen molar-refractivity contribution in [2.45, 2.75) is 64.5 Å². The van der Waals surface area contributed by atoms with E-state index in [0.29, 0.717) is 6.04 Å². The molecule has 2 fully saturated rings. The lowest BCUT2D eigenvalue weighted by Crippen LogP contribution is -2.45. The van der Waals surface area contributed by atoms with Crippen LogP contribution >= 0.6 is 0 Å². The molecule has 2 unspecified atom stereocenters. The van der Waals surface area contributed by atoms with E-state index in [4.69, 9.17) is 5.26 Å². The fourth-order valence-corrected chi connectivity index (χ4v) is 3.36. The van der Waals surface area contributed by atoms with Gasteiger partial charge in [-0.1, -0.05) is 6.42 Å². The van der Waals surface area contributed by atoms with Crippen LogP contribution in [0.2, 0.25) is 0 Å². The number of hydrogen-bond donors (Lipinski definition) is 1. The number of nitrogens with zero attached hydrogens (tertiary/aromatic N) is 2. The molecule has 0 radical (unpaired) electrons. The molecule has 3 nitrogen and oxygen atoms in total. The summed E-state index contributed by atoms with van der Waals surface area (Å²) in [6, 6.07) is 3.88. The van der Waals surface area contributed by atoms with Crippen LogP contribution in [0.25, 0.3) is 0 Å². The van der Waals surface area contributed by atoms with Crippen molar-refractivity contribution < 1.29 is 0 Å². The molecule has 1 N–H and O–H groups in total. The number of fused-ring (bicyclic) bond motifs is 1. The van der Waals surface area contributed by atoms with Crippen molar-refractivity contribution in [1.82, 2.24) is 10.2 Å². The Hall–Kier alpha value is -0.590. The zero-order valence-electron chi connectivity index (χ0n) is 11.9. The van der Waals surface area contributed by atoms with Gasteiger partial charge in [0.15, 0.2) is 0 Å². The van der Waals surface area contributed by atoms with E-state index in [9.17, 15) is 0 Å². The van der Waals surface area contributed by atoms with Gasteiger partial charge in [-0.3, -0.25) is 4.90 Å². The topological polar surface area (TPSA) is 39.1 Å². The van der Waals surface area contributed by atoms with Crippen LogP contribution in [0.4, 0.5) is 0 Å². The van der Waals surface area contributed by atoms with E-state index in [0.717, 1.165) is 25.4 Å². The molecule has 2 aliphatic heterocycles. The Morgan fingerprint density at radius 3 is 2.89 bits per heavy atom. The normalized spacial score (nSPS) is 28.9. The third-order valence-corrected chi connectivity index (χ3v) is 4.54. The number of nitrogens with one attached hydrogen (secondary N) is 1. The van der Waals surface area contributed by atoms with Crippen molar-refractivity contribution in [3.63, 3.8) is 0 Å². The lowest BCUT2D eigenvalue weighted by atomic mass is 9.90. The average Bonchev–Trinajstić information content (AvgIpc) is 2.78. The van der Waals surface area contributed by atoms with Crippen LogP contribution in [-0.2, 0) is 0 Å². The summed E-state index contributed by atoms with van der Waals surface area (Å²) < 4.78 is 0. The third kappa shape index (κ3) is 3.46. The molecule has 2 heterocycles. The van der Waals surface area contributed by atoms with E-state index in [1.807, 2.05) is 13.8 Å². The van der Waals surface area contributed by atoms with E-state index in [-0.39, 0.29) is 5.41 Å². The van der Waals surface area contributed by atoms with Gasteiger partial charge in [-0.25, -0.2) is 0 Å². The monoisotopic (exact) mass is 249 g/mol. The molecule has 0 saturated carbocycles. The molecule has 0 spiro atoms. The van der Waals surface area contributed by atoms with Crippen molar-refractivity contribution in [3.05, 3.63) is 0 Å². The molecule has 2 aliphatic rings. The smallest absolute Gasteiger partial charge is 0.0683 e. The van der Waals surface area contributed by atoms with E-state index < -0.39 is 0 Å². The maximum Gasteiger partial charge on any atom is 0.0683 e. The Bertz CT molecular complexity index is 305. The highest BCUT2D eigenvalue weighted by molar-refractivity contribution is 4.94. The molecule has 0 amide bonds. The Kier molecular flexibility index (Phi) is 4.64. The minimum absolute atomic E-state index is 0.159. The highest BCUT2D eigenvalue weighted by Crippen LogP contribution is 2.27. The largest absolute Gasteiger partial charge is 0.312 e. The van der Waals surface area contributed by atoms with Crippen molar-refractivity contribution in [1.29, 1.82) is 5.26 Å². The maximum absolute atomic E-state index is 8.98. The minimum atomic E-state index is -0.159. The molecular weight excluding hydrogens is 222 g/mol. The first-order valence-electron chi connectivity index (χ1n) is 7.51. The second-order valence-electron chi connectivity index (χ2n) is 6.55. The number of nitriles is 1. The molecule has 2 saturated heterocycles. The molecule has 18 heavy (non-hydrogen) atoms. The van der Waals surface area contributed by atoms with Gasteiger partial charge in [0.1, 0.15) is 0 Å². The average molecular weight is 249 g/mol. The van der Waals surface area contributed by atoms with Crippen LogP contribution in [0.15, 0.2) is 0 Å². The zero-order valence-corrected chi connectivity index (χ0v) is 11.9. The molecule has 0 aromatic carbocycles. The molecular formula is C15H27N3. The third-order valence-electron chi connectivity index (χ3n) is 4.54. The first-order valence-corrected chi connectivity index (χ1v) is 7.51. The Morgan fingerprint density at radius 1 is 1.28 bits per heavy atom. The molecule has 0 aromatic rings. The summed E-state index contributed by atoms with van der Waals surface area (Å²) in [5.74, 6) is 0. The summed E-state index contributed by atoms with van der Waals surface area (Å²) in [4.78, 5) is 2.67. The van der Waals surface area contributed by atoms with Crippen LogP contribution in [0, 0.1) is 16.7 Å². The van der Waals surface area contributed by atoms with E-state index in [1.165, 1.54) is 38.8 Å². The highest BCUT2D eigenvalue weighted by atomic mass is 15.2. The second kappa shape index (κ2) is 6.04. The quantitative estimate of drug-likeness (QED) is 0.761. The van der Waals surface area contributed by atoms with Gasteiger partial charge in [0.25, 0.3) is 0 Å². The van der Waals surface area contributed by atoms with Gasteiger partial charge < -0.3 is 5.32 Å². The first-order chi connectivity index (χ1) is 8.62.